The van der Waals surface area contributed by atoms with Crippen LogP contribution in [0.5, 0.6) is 0 Å². The van der Waals surface area contributed by atoms with E-state index in [-0.39, 0.29) is 0 Å². The van der Waals surface area contributed by atoms with Crippen LogP contribution in [-0.2, 0) is 13.0 Å². The van der Waals surface area contributed by atoms with E-state index in [0.29, 0.717) is 0 Å². The van der Waals surface area contributed by atoms with Gasteiger partial charge in [0.1, 0.15) is 17.5 Å². The highest BCUT2D eigenvalue weighted by Crippen LogP contribution is 2.19. The van der Waals surface area contributed by atoms with E-state index in [9.17, 15) is 0 Å². The lowest BCUT2D eigenvalue weighted by Crippen LogP contribution is -2.47. The Morgan fingerprint density at radius 3 is 2.24 bits per heavy atom. The normalized spacial score (nSPS) is 15.1. The summed E-state index contributed by atoms with van der Waals surface area (Å²) in [6, 6.07) is 6.44. The lowest BCUT2D eigenvalue weighted by atomic mass is 10.2. The Bertz CT molecular complexity index is 690. The molecule has 6 heteroatoms. The molecule has 1 aliphatic heterocycles. The highest BCUT2D eigenvalue weighted by molar-refractivity contribution is 5.45. The SMILES string of the molecule is CCc1cc(N2CCN(c3ccc(CN(C)C)cn3)CC2)nc(C)n1. The van der Waals surface area contributed by atoms with Gasteiger partial charge in [-0.1, -0.05) is 13.0 Å². The number of hydrogen-bond donors (Lipinski definition) is 0. The minimum absolute atomic E-state index is 0.856. The zero-order chi connectivity index (χ0) is 17.8. The number of rotatable bonds is 5. The number of aryl methyl sites for hydroxylation is 2. The Kier molecular flexibility index (Phi) is 5.48. The monoisotopic (exact) mass is 340 g/mol. The zero-order valence-corrected chi connectivity index (χ0v) is 15.7. The molecule has 1 aliphatic rings. The van der Waals surface area contributed by atoms with E-state index in [0.717, 1.165) is 62.3 Å². The van der Waals surface area contributed by atoms with Crippen LogP contribution in [0.4, 0.5) is 11.6 Å². The highest BCUT2D eigenvalue weighted by atomic mass is 15.3. The molecule has 0 spiro atoms. The van der Waals surface area contributed by atoms with Gasteiger partial charge in [-0.2, -0.15) is 0 Å². The second kappa shape index (κ2) is 7.78. The van der Waals surface area contributed by atoms with Gasteiger partial charge in [-0.3, -0.25) is 0 Å². The summed E-state index contributed by atoms with van der Waals surface area (Å²) in [7, 11) is 4.15. The van der Waals surface area contributed by atoms with Gasteiger partial charge in [0.15, 0.2) is 0 Å². The van der Waals surface area contributed by atoms with Gasteiger partial charge >= 0.3 is 0 Å². The zero-order valence-electron chi connectivity index (χ0n) is 15.7. The fraction of sp³-hybridized carbons (Fsp3) is 0.526. The molecule has 134 valence electrons. The Labute approximate surface area is 150 Å². The third-order valence-electron chi connectivity index (χ3n) is 4.48. The minimum atomic E-state index is 0.856. The van der Waals surface area contributed by atoms with E-state index in [1.165, 1.54) is 5.56 Å². The van der Waals surface area contributed by atoms with Gasteiger partial charge in [0, 0.05) is 50.7 Å². The molecule has 0 amide bonds. The average molecular weight is 340 g/mol. The summed E-state index contributed by atoms with van der Waals surface area (Å²) in [5, 5.41) is 0. The molecule has 25 heavy (non-hydrogen) atoms. The first-order chi connectivity index (χ1) is 12.0. The van der Waals surface area contributed by atoms with Crippen molar-refractivity contribution < 1.29 is 0 Å². The summed E-state index contributed by atoms with van der Waals surface area (Å²) >= 11 is 0. The molecule has 0 aliphatic carbocycles. The smallest absolute Gasteiger partial charge is 0.132 e. The van der Waals surface area contributed by atoms with Gasteiger partial charge in [-0.15, -0.1) is 0 Å². The van der Waals surface area contributed by atoms with Crippen LogP contribution in [0.1, 0.15) is 24.0 Å². The van der Waals surface area contributed by atoms with Crippen LogP contribution < -0.4 is 9.80 Å². The van der Waals surface area contributed by atoms with Crippen LogP contribution in [0.2, 0.25) is 0 Å². The summed E-state index contributed by atoms with van der Waals surface area (Å²) < 4.78 is 0. The molecule has 0 atom stereocenters. The molecular formula is C19H28N6. The molecule has 2 aromatic heterocycles. The minimum Gasteiger partial charge on any atom is -0.353 e. The van der Waals surface area contributed by atoms with Crippen LogP contribution >= 0.6 is 0 Å². The van der Waals surface area contributed by atoms with E-state index in [1.807, 2.05) is 13.1 Å². The van der Waals surface area contributed by atoms with Crippen LogP contribution in [0.25, 0.3) is 0 Å². The molecule has 0 saturated carbocycles. The van der Waals surface area contributed by atoms with Crippen molar-refractivity contribution in [1.29, 1.82) is 0 Å². The van der Waals surface area contributed by atoms with Gasteiger partial charge in [0.05, 0.1) is 0 Å². The molecule has 1 saturated heterocycles. The van der Waals surface area contributed by atoms with E-state index >= 15 is 0 Å². The molecule has 0 unspecified atom stereocenters. The molecule has 0 N–H and O–H groups in total. The van der Waals surface area contributed by atoms with Gasteiger partial charge in [-0.25, -0.2) is 15.0 Å². The molecule has 2 aromatic rings. The Hall–Kier alpha value is -2.21. The third kappa shape index (κ3) is 4.45. The largest absolute Gasteiger partial charge is 0.353 e. The van der Waals surface area contributed by atoms with Gasteiger partial charge in [-0.05, 0) is 39.1 Å². The quantitative estimate of drug-likeness (QED) is 0.831. The molecule has 1 fully saturated rings. The summed E-state index contributed by atoms with van der Waals surface area (Å²) in [4.78, 5) is 20.6. The Morgan fingerprint density at radius 2 is 1.68 bits per heavy atom. The first-order valence-corrected chi connectivity index (χ1v) is 8.99. The van der Waals surface area contributed by atoms with Crippen LogP contribution in [0.3, 0.4) is 0 Å². The van der Waals surface area contributed by atoms with Crippen molar-refractivity contribution >= 4 is 11.6 Å². The van der Waals surface area contributed by atoms with Crippen molar-refractivity contribution in [2.45, 2.75) is 26.8 Å². The van der Waals surface area contributed by atoms with Crippen LogP contribution in [0, 0.1) is 6.92 Å². The number of anilines is 2. The fourth-order valence-corrected chi connectivity index (χ4v) is 3.18. The number of hydrogen-bond acceptors (Lipinski definition) is 6. The number of aromatic nitrogens is 3. The topological polar surface area (TPSA) is 48.4 Å². The Balaban J connectivity index is 1.63. The van der Waals surface area contributed by atoms with Crippen molar-refractivity contribution in [2.24, 2.45) is 0 Å². The summed E-state index contributed by atoms with van der Waals surface area (Å²) in [5.74, 6) is 2.98. The number of pyridine rings is 1. The van der Waals surface area contributed by atoms with Crippen LogP contribution in [-0.4, -0.2) is 60.1 Å². The molecule has 0 bridgehead atoms. The van der Waals surface area contributed by atoms with E-state index in [4.69, 9.17) is 0 Å². The molecular weight excluding hydrogens is 312 g/mol. The summed E-state index contributed by atoms with van der Waals surface area (Å²) in [6.07, 6.45) is 2.93. The molecule has 3 heterocycles. The number of nitrogens with zero attached hydrogens (tertiary/aromatic N) is 6. The Morgan fingerprint density at radius 1 is 1.00 bits per heavy atom. The van der Waals surface area contributed by atoms with Crippen molar-refractivity contribution in [3.8, 4) is 0 Å². The summed E-state index contributed by atoms with van der Waals surface area (Å²) in [5.41, 5.74) is 2.36. The van der Waals surface area contributed by atoms with Gasteiger partial charge in [0.2, 0.25) is 0 Å². The highest BCUT2D eigenvalue weighted by Gasteiger charge is 2.19. The molecule has 6 nitrogen and oxygen atoms in total. The second-order valence-corrected chi connectivity index (χ2v) is 6.85. The third-order valence-corrected chi connectivity index (χ3v) is 4.48. The first kappa shape index (κ1) is 17.6. The lowest BCUT2D eigenvalue weighted by Gasteiger charge is -2.36. The lowest BCUT2D eigenvalue weighted by molar-refractivity contribution is 0.402. The van der Waals surface area contributed by atoms with E-state index in [1.54, 1.807) is 0 Å². The molecule has 0 aromatic carbocycles. The first-order valence-electron chi connectivity index (χ1n) is 8.99. The van der Waals surface area contributed by atoms with E-state index < -0.39 is 0 Å². The molecule has 3 rings (SSSR count). The van der Waals surface area contributed by atoms with Crippen molar-refractivity contribution in [2.75, 3.05) is 50.1 Å². The maximum absolute atomic E-state index is 4.65. The maximum atomic E-state index is 4.65. The van der Waals surface area contributed by atoms with Crippen LogP contribution in [0.15, 0.2) is 24.4 Å². The van der Waals surface area contributed by atoms with Crippen molar-refractivity contribution in [3.05, 3.63) is 41.5 Å². The van der Waals surface area contributed by atoms with Crippen molar-refractivity contribution in [1.82, 2.24) is 19.9 Å². The summed E-state index contributed by atoms with van der Waals surface area (Å²) in [6.45, 7) is 8.87. The predicted molar refractivity (Wildman–Crippen MR) is 102 cm³/mol. The predicted octanol–water partition coefficient (Wildman–Crippen LogP) is 2.13. The average Bonchev–Trinajstić information content (AvgIpc) is 2.61. The fourth-order valence-electron chi connectivity index (χ4n) is 3.18. The second-order valence-electron chi connectivity index (χ2n) is 6.85. The van der Waals surface area contributed by atoms with Gasteiger partial charge in [0.25, 0.3) is 0 Å². The van der Waals surface area contributed by atoms with Gasteiger partial charge < -0.3 is 14.7 Å². The maximum Gasteiger partial charge on any atom is 0.132 e. The number of piperazine rings is 1. The standard InChI is InChI=1S/C19H28N6/c1-5-17-12-19(22-15(2)21-17)25-10-8-24(9-11-25)18-7-6-16(13-20-18)14-23(3)4/h6-7,12-13H,5,8-11,14H2,1-4H3. The molecule has 0 radical (unpaired) electrons. The van der Waals surface area contributed by atoms with E-state index in [2.05, 4.69) is 68.9 Å². The van der Waals surface area contributed by atoms with Crippen molar-refractivity contribution in [3.63, 3.8) is 0 Å².